The Morgan fingerprint density at radius 1 is 0.881 bits per heavy atom. The minimum Gasteiger partial charge on any atom is -0.357 e. The lowest BCUT2D eigenvalue weighted by molar-refractivity contribution is -0.139. The molecular weight excluding hydrogens is 638 g/mol. The summed E-state index contributed by atoms with van der Waals surface area (Å²) >= 11 is 9.50. The first-order valence-electron chi connectivity index (χ1n) is 13.2. The van der Waals surface area contributed by atoms with Crippen LogP contribution in [0.5, 0.6) is 0 Å². The number of carbonyl (C=O) groups excluding carboxylic acids is 2. The number of likely N-dealkylation sites (N-methyl/N-ethyl adjacent to an activating group) is 1. The highest BCUT2D eigenvalue weighted by atomic mass is 79.9. The van der Waals surface area contributed by atoms with Gasteiger partial charge in [-0.15, -0.1) is 0 Å². The summed E-state index contributed by atoms with van der Waals surface area (Å²) in [5.74, 6) is -0.887. The fourth-order valence-corrected chi connectivity index (χ4v) is 6.51. The number of hydrogen-bond donors (Lipinski definition) is 1. The van der Waals surface area contributed by atoms with Crippen molar-refractivity contribution in [3.63, 3.8) is 0 Å². The fraction of sp³-hybridized carbons (Fsp3) is 0.188. The normalized spacial score (nSPS) is 11.9. The quantitative estimate of drug-likeness (QED) is 0.213. The Bertz CT molecular complexity index is 1630. The van der Waals surface area contributed by atoms with Crippen molar-refractivity contribution in [1.82, 2.24) is 10.2 Å². The highest BCUT2D eigenvalue weighted by molar-refractivity contribution is 9.10. The molecule has 2 amide bonds. The molecule has 0 spiro atoms. The van der Waals surface area contributed by atoms with Gasteiger partial charge in [0.25, 0.3) is 10.0 Å². The second kappa shape index (κ2) is 14.0. The second-order valence-electron chi connectivity index (χ2n) is 9.77. The number of nitrogens with zero attached hydrogens (tertiary/aromatic N) is 2. The van der Waals surface area contributed by atoms with Crippen molar-refractivity contribution in [2.75, 3.05) is 17.9 Å². The standard InChI is InChI=1S/C32H31BrClN3O4S/c1-23-11-15-28(16-12-23)37(42(40,41)29-17-13-27(34)14-18-29)22-31(38)36(21-25-9-6-10-26(33)19-25)30(32(39)35-2)20-24-7-4-3-5-8-24/h3-19,30H,20-22H2,1-2H3,(H,35,39). The summed E-state index contributed by atoms with van der Waals surface area (Å²) in [5.41, 5.74) is 2.91. The van der Waals surface area contributed by atoms with Gasteiger partial charge in [-0.25, -0.2) is 8.42 Å². The number of hydrogen-bond acceptors (Lipinski definition) is 4. The maximum atomic E-state index is 14.3. The molecule has 0 saturated carbocycles. The fourth-order valence-electron chi connectivity index (χ4n) is 4.53. The zero-order chi connectivity index (χ0) is 30.3. The van der Waals surface area contributed by atoms with Crippen LogP contribution in [0, 0.1) is 6.92 Å². The number of sulfonamides is 1. The summed E-state index contributed by atoms with van der Waals surface area (Å²) in [6.45, 7) is 1.46. The summed E-state index contributed by atoms with van der Waals surface area (Å²) in [6.07, 6.45) is 0.245. The van der Waals surface area contributed by atoms with Crippen LogP contribution in [0.1, 0.15) is 16.7 Å². The lowest BCUT2D eigenvalue weighted by Gasteiger charge is -2.33. The molecule has 0 aliphatic rings. The molecule has 218 valence electrons. The third kappa shape index (κ3) is 7.79. The molecule has 0 heterocycles. The number of amides is 2. The first-order chi connectivity index (χ1) is 20.1. The largest absolute Gasteiger partial charge is 0.357 e. The average molecular weight is 669 g/mol. The molecule has 0 aliphatic heterocycles. The first-order valence-corrected chi connectivity index (χ1v) is 15.8. The number of rotatable bonds is 11. The summed E-state index contributed by atoms with van der Waals surface area (Å²) < 4.78 is 29.8. The van der Waals surface area contributed by atoms with Crippen LogP contribution in [0.25, 0.3) is 0 Å². The van der Waals surface area contributed by atoms with E-state index in [1.165, 1.54) is 36.2 Å². The Kier molecular flexibility index (Phi) is 10.4. The van der Waals surface area contributed by atoms with E-state index in [1.807, 2.05) is 61.5 Å². The van der Waals surface area contributed by atoms with Crippen molar-refractivity contribution in [2.45, 2.75) is 30.8 Å². The highest BCUT2D eigenvalue weighted by Gasteiger charge is 2.34. The van der Waals surface area contributed by atoms with Gasteiger partial charge in [-0.3, -0.25) is 13.9 Å². The van der Waals surface area contributed by atoms with Crippen molar-refractivity contribution < 1.29 is 18.0 Å². The number of benzene rings is 4. The molecule has 4 aromatic carbocycles. The third-order valence-electron chi connectivity index (χ3n) is 6.76. The molecule has 4 rings (SSSR count). The molecule has 42 heavy (non-hydrogen) atoms. The van der Waals surface area contributed by atoms with E-state index in [4.69, 9.17) is 11.6 Å². The van der Waals surface area contributed by atoms with Gasteiger partial charge in [-0.05, 0) is 66.6 Å². The maximum Gasteiger partial charge on any atom is 0.264 e. The monoisotopic (exact) mass is 667 g/mol. The van der Waals surface area contributed by atoms with Crippen molar-refractivity contribution in [3.8, 4) is 0 Å². The summed E-state index contributed by atoms with van der Waals surface area (Å²) in [7, 11) is -2.66. The predicted octanol–water partition coefficient (Wildman–Crippen LogP) is 5.99. The van der Waals surface area contributed by atoms with Crippen molar-refractivity contribution >= 4 is 55.1 Å². The third-order valence-corrected chi connectivity index (χ3v) is 9.30. The molecule has 0 aliphatic carbocycles. The van der Waals surface area contributed by atoms with Gasteiger partial charge in [0.05, 0.1) is 10.6 Å². The molecule has 10 heteroatoms. The lowest BCUT2D eigenvalue weighted by atomic mass is 10.0. The Morgan fingerprint density at radius 2 is 1.52 bits per heavy atom. The van der Waals surface area contributed by atoms with E-state index in [0.29, 0.717) is 10.7 Å². The Labute approximate surface area is 260 Å². The SMILES string of the molecule is CNC(=O)C(Cc1ccccc1)N(Cc1cccc(Br)c1)C(=O)CN(c1ccc(C)cc1)S(=O)(=O)c1ccc(Cl)cc1. The van der Waals surface area contributed by atoms with E-state index in [2.05, 4.69) is 21.2 Å². The topological polar surface area (TPSA) is 86.8 Å². The zero-order valence-corrected chi connectivity index (χ0v) is 26.4. The molecule has 0 saturated heterocycles. The van der Waals surface area contributed by atoms with Gasteiger partial charge in [-0.1, -0.05) is 87.7 Å². The first kappa shape index (κ1) is 31.3. The summed E-state index contributed by atoms with van der Waals surface area (Å²) in [5, 5.41) is 3.07. The molecule has 1 atom stereocenters. The average Bonchev–Trinajstić information content (AvgIpc) is 2.98. The Balaban J connectivity index is 1.78. The Morgan fingerprint density at radius 3 is 2.14 bits per heavy atom. The van der Waals surface area contributed by atoms with Crippen molar-refractivity contribution in [3.05, 3.63) is 129 Å². The van der Waals surface area contributed by atoms with E-state index in [9.17, 15) is 18.0 Å². The van der Waals surface area contributed by atoms with Crippen LogP contribution in [0.15, 0.2) is 112 Å². The van der Waals surface area contributed by atoms with Crippen LogP contribution in [-0.2, 0) is 32.6 Å². The molecule has 1 unspecified atom stereocenters. The van der Waals surface area contributed by atoms with Gasteiger partial charge < -0.3 is 10.2 Å². The molecule has 1 N–H and O–H groups in total. The lowest BCUT2D eigenvalue weighted by Crippen LogP contribution is -2.53. The van der Waals surface area contributed by atoms with E-state index in [-0.39, 0.29) is 23.8 Å². The number of carbonyl (C=O) groups is 2. The van der Waals surface area contributed by atoms with Crippen LogP contribution in [0.4, 0.5) is 5.69 Å². The molecule has 0 fully saturated rings. The van der Waals surface area contributed by atoms with Crippen LogP contribution < -0.4 is 9.62 Å². The van der Waals surface area contributed by atoms with Crippen molar-refractivity contribution in [1.29, 1.82) is 0 Å². The Hall–Kier alpha value is -3.66. The minimum atomic E-state index is -4.18. The van der Waals surface area contributed by atoms with Gasteiger partial charge in [0, 0.05) is 29.5 Å². The highest BCUT2D eigenvalue weighted by Crippen LogP contribution is 2.26. The summed E-state index contributed by atoms with van der Waals surface area (Å²) in [4.78, 5) is 29.0. The van der Waals surface area contributed by atoms with E-state index < -0.39 is 28.5 Å². The van der Waals surface area contributed by atoms with Crippen LogP contribution in [-0.4, -0.2) is 44.8 Å². The number of aryl methyl sites for hydroxylation is 1. The summed E-state index contributed by atoms with van der Waals surface area (Å²) in [6, 6.07) is 28.6. The smallest absolute Gasteiger partial charge is 0.264 e. The van der Waals surface area contributed by atoms with E-state index in [1.54, 1.807) is 24.3 Å². The van der Waals surface area contributed by atoms with Gasteiger partial charge >= 0.3 is 0 Å². The van der Waals surface area contributed by atoms with Crippen LogP contribution >= 0.6 is 27.5 Å². The van der Waals surface area contributed by atoms with Crippen LogP contribution in [0.3, 0.4) is 0 Å². The van der Waals surface area contributed by atoms with Gasteiger partial charge in [0.1, 0.15) is 12.6 Å². The van der Waals surface area contributed by atoms with E-state index >= 15 is 0 Å². The molecule has 4 aromatic rings. The maximum absolute atomic E-state index is 14.3. The number of anilines is 1. The molecule has 0 radical (unpaired) electrons. The van der Waals surface area contributed by atoms with Gasteiger partial charge in [0.15, 0.2) is 0 Å². The zero-order valence-electron chi connectivity index (χ0n) is 23.2. The van der Waals surface area contributed by atoms with Gasteiger partial charge in [-0.2, -0.15) is 0 Å². The van der Waals surface area contributed by atoms with Crippen molar-refractivity contribution in [2.24, 2.45) is 0 Å². The van der Waals surface area contributed by atoms with Gasteiger partial charge in [0.2, 0.25) is 11.8 Å². The predicted molar refractivity (Wildman–Crippen MR) is 170 cm³/mol. The molecule has 0 bridgehead atoms. The molecule has 0 aromatic heterocycles. The minimum absolute atomic E-state index is 0.00838. The number of nitrogens with one attached hydrogen (secondary N) is 1. The molecule has 7 nitrogen and oxygen atoms in total. The number of halogens is 2. The van der Waals surface area contributed by atoms with Crippen LogP contribution in [0.2, 0.25) is 5.02 Å². The second-order valence-corrected chi connectivity index (χ2v) is 13.0. The van der Waals surface area contributed by atoms with E-state index in [0.717, 1.165) is 25.5 Å². The molecular formula is C32H31BrClN3O4S.